The molecule has 1 aromatic rings. The van der Waals surface area contributed by atoms with Crippen LogP contribution in [0.15, 0.2) is 24.3 Å². The summed E-state index contributed by atoms with van der Waals surface area (Å²) in [5, 5.41) is 3.15. The van der Waals surface area contributed by atoms with Gasteiger partial charge >= 0.3 is 6.18 Å². The Bertz CT molecular complexity index is 401. The summed E-state index contributed by atoms with van der Waals surface area (Å²) >= 11 is 0. The molecule has 0 aliphatic heterocycles. The summed E-state index contributed by atoms with van der Waals surface area (Å²) in [4.78, 5) is 0. The second-order valence-electron chi connectivity index (χ2n) is 5.58. The zero-order chi connectivity index (χ0) is 15.9. The van der Waals surface area contributed by atoms with Gasteiger partial charge in [0.25, 0.3) is 0 Å². The number of ether oxygens (including phenoxy) is 1. The van der Waals surface area contributed by atoms with E-state index in [1.165, 1.54) is 5.56 Å². The van der Waals surface area contributed by atoms with Crippen molar-refractivity contribution < 1.29 is 17.9 Å². The van der Waals surface area contributed by atoms with Gasteiger partial charge in [-0.2, -0.15) is 13.2 Å². The number of likely N-dealkylation sites (N-methyl/N-ethyl adjacent to an activating group) is 1. The molecule has 0 saturated carbocycles. The molecule has 2 nitrogen and oxygen atoms in total. The Morgan fingerprint density at radius 3 is 2.24 bits per heavy atom. The number of nitrogens with one attached hydrogen (secondary N) is 1. The van der Waals surface area contributed by atoms with E-state index in [2.05, 4.69) is 19.2 Å². The van der Waals surface area contributed by atoms with E-state index < -0.39 is 12.8 Å². The molecule has 1 unspecified atom stereocenters. The number of rotatable bonds is 8. The smallest absolute Gasteiger partial charge is 0.370 e. The molecule has 0 aromatic heterocycles. The average Bonchev–Trinajstić information content (AvgIpc) is 2.36. The number of hydrogen-bond acceptors (Lipinski definition) is 2. The topological polar surface area (TPSA) is 21.3 Å². The maximum absolute atomic E-state index is 12.1. The summed E-state index contributed by atoms with van der Waals surface area (Å²) in [5.41, 5.74) is 2.19. The molecule has 0 radical (unpaired) electrons. The molecule has 0 fully saturated rings. The van der Waals surface area contributed by atoms with Crippen molar-refractivity contribution in [3.8, 4) is 0 Å². The molecule has 5 heteroatoms. The molecule has 1 rings (SSSR count). The first-order valence-corrected chi connectivity index (χ1v) is 7.28. The predicted octanol–water partition coefficient (Wildman–Crippen LogP) is 4.11. The second-order valence-corrected chi connectivity index (χ2v) is 5.58. The van der Waals surface area contributed by atoms with E-state index in [1.54, 1.807) is 0 Å². The Labute approximate surface area is 124 Å². The quantitative estimate of drug-likeness (QED) is 0.780. The third kappa shape index (κ3) is 7.48. The van der Waals surface area contributed by atoms with Crippen LogP contribution >= 0.6 is 0 Å². The van der Waals surface area contributed by atoms with E-state index in [1.807, 2.05) is 31.2 Å². The number of hydrogen-bond donors (Lipinski definition) is 1. The van der Waals surface area contributed by atoms with Crippen LogP contribution in [0.2, 0.25) is 0 Å². The Balaban J connectivity index is 2.62. The van der Waals surface area contributed by atoms with Gasteiger partial charge in [0.2, 0.25) is 0 Å². The van der Waals surface area contributed by atoms with Gasteiger partial charge in [0.15, 0.2) is 0 Å². The van der Waals surface area contributed by atoms with Crippen LogP contribution in [0.1, 0.15) is 37.9 Å². The molecule has 21 heavy (non-hydrogen) atoms. The molecule has 0 aliphatic rings. The fourth-order valence-electron chi connectivity index (χ4n) is 2.17. The predicted molar refractivity (Wildman–Crippen MR) is 78.3 cm³/mol. The van der Waals surface area contributed by atoms with E-state index in [0.29, 0.717) is 12.5 Å². The highest BCUT2D eigenvalue weighted by Gasteiger charge is 2.28. The van der Waals surface area contributed by atoms with Crippen LogP contribution < -0.4 is 5.32 Å². The first-order chi connectivity index (χ1) is 9.81. The SMILES string of the molecule is CCNC(COCC(F)(F)F)c1ccc(CC(C)C)cc1. The van der Waals surface area contributed by atoms with E-state index in [-0.39, 0.29) is 12.6 Å². The van der Waals surface area contributed by atoms with Crippen LogP contribution in [-0.4, -0.2) is 25.9 Å². The molecule has 1 atom stereocenters. The minimum absolute atomic E-state index is 0.0108. The molecule has 0 bridgehead atoms. The van der Waals surface area contributed by atoms with E-state index in [9.17, 15) is 13.2 Å². The number of halogens is 3. The highest BCUT2D eigenvalue weighted by atomic mass is 19.4. The Hall–Kier alpha value is -1.07. The Morgan fingerprint density at radius 1 is 1.14 bits per heavy atom. The van der Waals surface area contributed by atoms with Gasteiger partial charge in [-0.25, -0.2) is 0 Å². The van der Waals surface area contributed by atoms with Crippen LogP contribution in [0.5, 0.6) is 0 Å². The molecule has 0 saturated heterocycles. The lowest BCUT2D eigenvalue weighted by atomic mass is 9.99. The van der Waals surface area contributed by atoms with E-state index >= 15 is 0 Å². The first kappa shape index (κ1) is 18.0. The molecule has 0 aliphatic carbocycles. The van der Waals surface area contributed by atoms with Crippen molar-refractivity contribution in [3.63, 3.8) is 0 Å². The zero-order valence-electron chi connectivity index (χ0n) is 12.8. The van der Waals surface area contributed by atoms with Crippen LogP contribution in [0.25, 0.3) is 0 Å². The maximum Gasteiger partial charge on any atom is 0.411 e. The van der Waals surface area contributed by atoms with Gasteiger partial charge in [0.05, 0.1) is 12.6 Å². The summed E-state index contributed by atoms with van der Waals surface area (Å²) in [7, 11) is 0. The number of alkyl halides is 3. The lowest BCUT2D eigenvalue weighted by Gasteiger charge is -2.19. The van der Waals surface area contributed by atoms with Gasteiger partial charge in [-0.3, -0.25) is 0 Å². The Morgan fingerprint density at radius 2 is 1.76 bits per heavy atom. The van der Waals surface area contributed by atoms with Crippen LogP contribution in [0.4, 0.5) is 13.2 Å². The van der Waals surface area contributed by atoms with E-state index in [4.69, 9.17) is 4.74 Å². The normalized spacial score (nSPS) is 13.7. The summed E-state index contributed by atoms with van der Waals surface area (Å²) < 4.78 is 41.1. The van der Waals surface area contributed by atoms with Gasteiger partial charge in [-0.05, 0) is 30.0 Å². The molecule has 0 spiro atoms. The third-order valence-corrected chi connectivity index (χ3v) is 3.03. The van der Waals surface area contributed by atoms with Crippen LogP contribution in [0.3, 0.4) is 0 Å². The van der Waals surface area contributed by atoms with Crippen molar-refractivity contribution in [2.24, 2.45) is 5.92 Å². The largest absolute Gasteiger partial charge is 0.411 e. The van der Waals surface area contributed by atoms with Gasteiger partial charge in [0, 0.05) is 0 Å². The molecule has 1 N–H and O–H groups in total. The monoisotopic (exact) mass is 303 g/mol. The molecule has 1 aromatic carbocycles. The van der Waals surface area contributed by atoms with Crippen molar-refractivity contribution >= 4 is 0 Å². The van der Waals surface area contributed by atoms with Crippen molar-refractivity contribution in [2.75, 3.05) is 19.8 Å². The standard InChI is InChI=1S/C16H24F3NO/c1-4-20-15(10-21-11-16(17,18)19)14-7-5-13(6-8-14)9-12(2)3/h5-8,12,15,20H,4,9-11H2,1-3H3. The fraction of sp³-hybridized carbons (Fsp3) is 0.625. The van der Waals surface area contributed by atoms with Crippen LogP contribution in [0, 0.1) is 5.92 Å². The maximum atomic E-state index is 12.1. The second kappa shape index (κ2) is 8.39. The fourth-order valence-corrected chi connectivity index (χ4v) is 2.17. The van der Waals surface area contributed by atoms with Crippen molar-refractivity contribution in [1.29, 1.82) is 0 Å². The van der Waals surface area contributed by atoms with Gasteiger partial charge in [-0.15, -0.1) is 0 Å². The molecular weight excluding hydrogens is 279 g/mol. The van der Waals surface area contributed by atoms with Gasteiger partial charge in [-0.1, -0.05) is 45.0 Å². The molecule has 0 amide bonds. The average molecular weight is 303 g/mol. The highest BCUT2D eigenvalue weighted by molar-refractivity contribution is 5.25. The molecule has 0 heterocycles. The van der Waals surface area contributed by atoms with E-state index in [0.717, 1.165) is 12.0 Å². The summed E-state index contributed by atoms with van der Waals surface area (Å²) in [5.74, 6) is 0.579. The van der Waals surface area contributed by atoms with Crippen molar-refractivity contribution in [2.45, 2.75) is 39.4 Å². The molecular formula is C16H24F3NO. The van der Waals surface area contributed by atoms with Gasteiger partial charge < -0.3 is 10.1 Å². The van der Waals surface area contributed by atoms with Gasteiger partial charge in [0.1, 0.15) is 6.61 Å². The summed E-state index contributed by atoms with van der Waals surface area (Å²) in [6.45, 7) is 5.70. The van der Waals surface area contributed by atoms with Crippen molar-refractivity contribution in [3.05, 3.63) is 35.4 Å². The Kier molecular flexibility index (Phi) is 7.18. The first-order valence-electron chi connectivity index (χ1n) is 7.28. The summed E-state index contributed by atoms with van der Waals surface area (Å²) in [6, 6.07) is 7.77. The molecule has 120 valence electrons. The lowest BCUT2D eigenvalue weighted by Crippen LogP contribution is -2.28. The van der Waals surface area contributed by atoms with Crippen molar-refractivity contribution in [1.82, 2.24) is 5.32 Å². The zero-order valence-corrected chi connectivity index (χ0v) is 12.8. The minimum Gasteiger partial charge on any atom is -0.370 e. The number of benzene rings is 1. The lowest BCUT2D eigenvalue weighted by molar-refractivity contribution is -0.175. The third-order valence-electron chi connectivity index (χ3n) is 3.03. The highest BCUT2D eigenvalue weighted by Crippen LogP contribution is 2.19. The van der Waals surface area contributed by atoms with Crippen LogP contribution in [-0.2, 0) is 11.2 Å². The minimum atomic E-state index is -4.28. The summed E-state index contributed by atoms with van der Waals surface area (Å²) in [6.07, 6.45) is -3.28.